The Bertz CT molecular complexity index is 822. The molecule has 2 bridgehead atoms. The zero-order chi connectivity index (χ0) is 18.4. The molecule has 138 valence electrons. The second-order valence-corrected chi connectivity index (χ2v) is 7.73. The quantitative estimate of drug-likeness (QED) is 0.500. The third kappa shape index (κ3) is 2.37. The van der Waals surface area contributed by atoms with Gasteiger partial charge in [-0.1, -0.05) is 24.3 Å². The Morgan fingerprint density at radius 1 is 1.19 bits per heavy atom. The minimum atomic E-state index is -0.528. The lowest BCUT2D eigenvalue weighted by Crippen LogP contribution is -2.53. The maximum Gasteiger partial charge on any atom is 0.240 e. The molecule has 2 aromatic rings. The summed E-state index contributed by atoms with van der Waals surface area (Å²) in [6.07, 6.45) is 5.16. The van der Waals surface area contributed by atoms with Gasteiger partial charge in [0, 0.05) is 18.0 Å². The number of alkyl halides is 1. The van der Waals surface area contributed by atoms with Crippen LogP contribution in [0.2, 0.25) is 0 Å². The molecular weight excluding hydrogens is 333 g/mol. The fraction of sp³-hybridized carbons (Fsp3) is 0.526. The number of hydrogen-bond acceptors (Lipinski definition) is 4. The molecule has 3 N–H and O–H groups in total. The predicted molar refractivity (Wildman–Crippen MR) is 95.4 cm³/mol. The first kappa shape index (κ1) is 17.1. The molecule has 3 saturated carbocycles. The molecule has 1 aromatic heterocycles. The van der Waals surface area contributed by atoms with Crippen molar-refractivity contribution in [1.82, 2.24) is 20.2 Å². The average Bonchev–Trinajstić information content (AvgIpc) is 3.10. The molecule has 26 heavy (non-hydrogen) atoms. The van der Waals surface area contributed by atoms with Gasteiger partial charge in [0.2, 0.25) is 5.91 Å². The minimum Gasteiger partial charge on any atom is -0.314 e. The van der Waals surface area contributed by atoms with Crippen LogP contribution in [0, 0.1) is 5.41 Å². The van der Waals surface area contributed by atoms with Crippen molar-refractivity contribution in [3.05, 3.63) is 35.7 Å². The monoisotopic (exact) mass is 357 g/mol. The third-order valence-corrected chi connectivity index (χ3v) is 6.61. The number of nitrogens with zero attached hydrogens (tertiary/aromatic N) is 3. The number of halogens is 1. The Hall–Kier alpha value is -2.28. The summed E-state index contributed by atoms with van der Waals surface area (Å²) in [7, 11) is 1.96. The Balaban J connectivity index is 1.67. The number of nitrogens with two attached hydrogens (primary N) is 1. The molecule has 1 aromatic carbocycles. The van der Waals surface area contributed by atoms with Gasteiger partial charge in [0.15, 0.2) is 5.82 Å². The van der Waals surface area contributed by atoms with Gasteiger partial charge in [-0.15, -0.1) is 10.2 Å². The van der Waals surface area contributed by atoms with Gasteiger partial charge in [-0.05, 0) is 44.1 Å². The molecule has 1 amide bonds. The van der Waals surface area contributed by atoms with Gasteiger partial charge in [0.25, 0.3) is 0 Å². The molecule has 0 radical (unpaired) electrons. The number of nitrogens with one attached hydrogen (secondary N) is 1. The SMILES string of the molecule is Cn1c(-c2ccccc2CF)nnc1C12CCC(C(=O)NN)(CC1)CC2. The van der Waals surface area contributed by atoms with Gasteiger partial charge in [0.1, 0.15) is 12.5 Å². The summed E-state index contributed by atoms with van der Waals surface area (Å²) in [5, 5.41) is 8.91. The topological polar surface area (TPSA) is 85.8 Å². The molecule has 0 unspecified atom stereocenters. The standard InChI is InChI=1S/C19H24FN5O/c1-25-15(14-5-3-2-4-13(14)12-20)23-24-16(25)18-6-9-19(10-7-18,11-8-18)17(26)22-21/h2-5H,6-12,21H2,1H3,(H,22,26). The van der Waals surface area contributed by atoms with Gasteiger partial charge < -0.3 is 4.57 Å². The number of hydrazine groups is 1. The molecule has 7 heteroatoms. The zero-order valence-electron chi connectivity index (χ0n) is 15.0. The van der Waals surface area contributed by atoms with E-state index < -0.39 is 6.67 Å². The van der Waals surface area contributed by atoms with Crippen molar-refractivity contribution in [3.8, 4) is 11.4 Å². The first-order chi connectivity index (χ1) is 12.6. The van der Waals surface area contributed by atoms with Crippen LogP contribution in [0.4, 0.5) is 4.39 Å². The van der Waals surface area contributed by atoms with Crippen molar-refractivity contribution < 1.29 is 9.18 Å². The van der Waals surface area contributed by atoms with Crippen LogP contribution in [0.1, 0.15) is 49.9 Å². The number of benzene rings is 1. The van der Waals surface area contributed by atoms with Crippen LogP contribution < -0.4 is 11.3 Å². The van der Waals surface area contributed by atoms with Crippen molar-refractivity contribution in [1.29, 1.82) is 0 Å². The van der Waals surface area contributed by atoms with Gasteiger partial charge in [-0.2, -0.15) is 0 Å². The summed E-state index contributed by atoms with van der Waals surface area (Å²) in [6, 6.07) is 7.39. The highest BCUT2D eigenvalue weighted by molar-refractivity contribution is 5.82. The molecule has 3 fully saturated rings. The molecule has 0 saturated heterocycles. The van der Waals surface area contributed by atoms with E-state index in [1.54, 1.807) is 6.07 Å². The van der Waals surface area contributed by atoms with E-state index in [1.165, 1.54) is 0 Å². The van der Waals surface area contributed by atoms with E-state index >= 15 is 0 Å². The Labute approximate surface area is 152 Å². The van der Waals surface area contributed by atoms with Crippen LogP contribution in [0.25, 0.3) is 11.4 Å². The Morgan fingerprint density at radius 3 is 2.46 bits per heavy atom. The van der Waals surface area contributed by atoms with E-state index in [0.717, 1.165) is 49.9 Å². The lowest BCUT2D eigenvalue weighted by atomic mass is 9.53. The number of aromatic nitrogens is 3. The molecule has 3 aliphatic carbocycles. The summed E-state index contributed by atoms with van der Waals surface area (Å²) in [4.78, 5) is 12.2. The number of carbonyl (C=O) groups is 1. The lowest BCUT2D eigenvalue weighted by Gasteiger charge is -2.51. The molecule has 0 spiro atoms. The Morgan fingerprint density at radius 2 is 1.85 bits per heavy atom. The van der Waals surface area contributed by atoms with Crippen LogP contribution in [0.3, 0.4) is 0 Å². The normalized spacial score (nSPS) is 27.5. The number of hydrogen-bond donors (Lipinski definition) is 2. The van der Waals surface area contributed by atoms with E-state index in [9.17, 15) is 9.18 Å². The number of fused-ring (bicyclic) bond motifs is 3. The van der Waals surface area contributed by atoms with E-state index in [1.807, 2.05) is 29.8 Å². The zero-order valence-corrected chi connectivity index (χ0v) is 15.0. The summed E-state index contributed by atoms with van der Waals surface area (Å²) >= 11 is 0. The van der Waals surface area contributed by atoms with Crippen molar-refractivity contribution >= 4 is 5.91 Å². The molecule has 6 nitrogen and oxygen atoms in total. The second kappa shape index (κ2) is 6.16. The first-order valence-corrected chi connectivity index (χ1v) is 9.10. The number of rotatable bonds is 4. The van der Waals surface area contributed by atoms with Crippen molar-refractivity contribution in [3.63, 3.8) is 0 Å². The largest absolute Gasteiger partial charge is 0.314 e. The summed E-state index contributed by atoms with van der Waals surface area (Å²) < 4.78 is 15.4. The van der Waals surface area contributed by atoms with Crippen molar-refractivity contribution in [2.24, 2.45) is 18.3 Å². The number of amides is 1. The van der Waals surface area contributed by atoms with E-state index in [4.69, 9.17) is 5.84 Å². The van der Waals surface area contributed by atoms with E-state index in [-0.39, 0.29) is 16.7 Å². The fourth-order valence-electron chi connectivity index (χ4n) is 4.90. The maximum atomic E-state index is 13.4. The van der Waals surface area contributed by atoms with E-state index in [0.29, 0.717) is 11.4 Å². The molecule has 5 rings (SSSR count). The maximum absolute atomic E-state index is 13.4. The van der Waals surface area contributed by atoms with E-state index in [2.05, 4.69) is 15.6 Å². The highest BCUT2D eigenvalue weighted by Gasteiger charge is 2.54. The van der Waals surface area contributed by atoms with Crippen LogP contribution in [0.15, 0.2) is 24.3 Å². The number of carbonyl (C=O) groups excluding carboxylic acids is 1. The average molecular weight is 357 g/mol. The highest BCUT2D eigenvalue weighted by atomic mass is 19.1. The molecule has 0 aliphatic heterocycles. The first-order valence-electron chi connectivity index (χ1n) is 9.10. The summed E-state index contributed by atoms with van der Waals surface area (Å²) in [5.74, 6) is 6.99. The fourth-order valence-corrected chi connectivity index (χ4v) is 4.90. The smallest absolute Gasteiger partial charge is 0.240 e. The minimum absolute atomic E-state index is 0.0404. The highest BCUT2D eigenvalue weighted by Crippen LogP contribution is 2.57. The third-order valence-electron chi connectivity index (χ3n) is 6.61. The lowest BCUT2D eigenvalue weighted by molar-refractivity contribution is -0.138. The van der Waals surface area contributed by atoms with Crippen LogP contribution >= 0.6 is 0 Å². The van der Waals surface area contributed by atoms with Gasteiger partial charge in [0.05, 0.1) is 5.41 Å². The summed E-state index contributed by atoms with van der Waals surface area (Å²) in [5.41, 5.74) is 3.38. The molecule has 1 heterocycles. The van der Waals surface area contributed by atoms with Gasteiger partial charge in [-0.3, -0.25) is 10.2 Å². The van der Waals surface area contributed by atoms with Crippen LogP contribution in [0.5, 0.6) is 0 Å². The van der Waals surface area contributed by atoms with Crippen LogP contribution in [-0.4, -0.2) is 20.7 Å². The van der Waals surface area contributed by atoms with Gasteiger partial charge in [-0.25, -0.2) is 10.2 Å². The van der Waals surface area contributed by atoms with Crippen LogP contribution in [-0.2, 0) is 23.9 Å². The van der Waals surface area contributed by atoms with Crippen molar-refractivity contribution in [2.75, 3.05) is 0 Å². The molecule has 3 aliphatic rings. The second-order valence-electron chi connectivity index (χ2n) is 7.73. The van der Waals surface area contributed by atoms with Gasteiger partial charge >= 0.3 is 0 Å². The Kier molecular flexibility index (Phi) is 4.06. The predicted octanol–water partition coefficient (Wildman–Crippen LogP) is 2.53. The van der Waals surface area contributed by atoms with Crippen molar-refractivity contribution in [2.45, 2.75) is 50.6 Å². The molecular formula is C19H24FN5O. The molecule has 0 atom stereocenters. The summed E-state index contributed by atoms with van der Waals surface area (Å²) in [6.45, 7) is -0.528.